The zero-order chi connectivity index (χ0) is 16.2. The number of anilines is 1. The molecular weight excluding hydrogens is 296 g/mol. The topological polar surface area (TPSA) is 94.6 Å². The zero-order valence-corrected chi connectivity index (χ0v) is 12.1. The van der Waals surface area contributed by atoms with E-state index in [1.165, 1.54) is 0 Å². The molecule has 0 aliphatic rings. The molecule has 0 radical (unpaired) electrons. The number of amides is 2. The molecule has 23 heavy (non-hydrogen) atoms. The van der Waals surface area contributed by atoms with Gasteiger partial charge in [-0.25, -0.2) is 0 Å². The van der Waals surface area contributed by atoms with Gasteiger partial charge in [0.2, 0.25) is 5.76 Å². The minimum atomic E-state index is -0.750. The summed E-state index contributed by atoms with van der Waals surface area (Å²) in [7, 11) is 0. The minimum Gasteiger partial charge on any atom is -0.484 e. The summed E-state index contributed by atoms with van der Waals surface area (Å²) >= 11 is 0. The van der Waals surface area contributed by atoms with Crippen molar-refractivity contribution in [2.75, 3.05) is 11.9 Å². The second kappa shape index (κ2) is 6.23. The molecule has 0 saturated heterocycles. The molecule has 1 heterocycles. The fourth-order valence-corrected chi connectivity index (χ4v) is 2.18. The number of para-hydroxylation sites is 2. The van der Waals surface area contributed by atoms with Crippen LogP contribution in [0.2, 0.25) is 0 Å². The Bertz CT molecular complexity index is 855. The number of fused-ring (bicyclic) bond motifs is 1. The lowest BCUT2D eigenvalue weighted by Gasteiger charge is -2.07. The lowest BCUT2D eigenvalue weighted by atomic mass is 10.2. The summed E-state index contributed by atoms with van der Waals surface area (Å²) in [6.45, 7) is -0.193. The smallest absolute Gasteiger partial charge is 0.286 e. The SMILES string of the molecule is NC(=O)c1oc2ccccc2c1NC(=O)COc1ccccc1. The van der Waals surface area contributed by atoms with Crippen LogP contribution in [0.3, 0.4) is 0 Å². The van der Waals surface area contributed by atoms with Gasteiger partial charge in [-0.15, -0.1) is 0 Å². The van der Waals surface area contributed by atoms with Crippen molar-refractivity contribution in [1.29, 1.82) is 0 Å². The number of carbonyl (C=O) groups excluding carboxylic acids is 2. The molecule has 0 bridgehead atoms. The first-order valence-corrected chi connectivity index (χ1v) is 6.94. The molecule has 0 aliphatic carbocycles. The number of hydrogen-bond donors (Lipinski definition) is 2. The maximum atomic E-state index is 12.1. The molecule has 0 aliphatic heterocycles. The van der Waals surface area contributed by atoms with Crippen molar-refractivity contribution in [2.45, 2.75) is 0 Å². The fraction of sp³-hybridized carbons (Fsp3) is 0.0588. The molecule has 0 spiro atoms. The summed E-state index contributed by atoms with van der Waals surface area (Å²) in [6.07, 6.45) is 0. The average Bonchev–Trinajstić information content (AvgIpc) is 2.93. The van der Waals surface area contributed by atoms with Crippen LogP contribution in [0, 0.1) is 0 Å². The van der Waals surface area contributed by atoms with Crippen LogP contribution < -0.4 is 15.8 Å². The van der Waals surface area contributed by atoms with Gasteiger partial charge in [0.25, 0.3) is 11.8 Å². The monoisotopic (exact) mass is 310 g/mol. The van der Waals surface area contributed by atoms with Crippen LogP contribution in [0.1, 0.15) is 10.6 Å². The number of ether oxygens (including phenoxy) is 1. The van der Waals surface area contributed by atoms with E-state index in [1.807, 2.05) is 18.2 Å². The molecule has 0 atom stereocenters. The first-order valence-electron chi connectivity index (χ1n) is 6.94. The third-order valence-electron chi connectivity index (χ3n) is 3.20. The lowest BCUT2D eigenvalue weighted by molar-refractivity contribution is -0.118. The second-order valence-corrected chi connectivity index (χ2v) is 4.82. The van der Waals surface area contributed by atoms with Crippen molar-refractivity contribution in [1.82, 2.24) is 0 Å². The van der Waals surface area contributed by atoms with Gasteiger partial charge in [0.15, 0.2) is 6.61 Å². The van der Waals surface area contributed by atoms with Crippen LogP contribution in [-0.2, 0) is 4.79 Å². The molecule has 6 heteroatoms. The van der Waals surface area contributed by atoms with Crippen LogP contribution in [0.5, 0.6) is 5.75 Å². The van der Waals surface area contributed by atoms with E-state index in [0.717, 1.165) is 0 Å². The van der Waals surface area contributed by atoms with Crippen molar-refractivity contribution >= 4 is 28.5 Å². The Balaban J connectivity index is 1.79. The first kappa shape index (κ1) is 14.6. The summed E-state index contributed by atoms with van der Waals surface area (Å²) in [4.78, 5) is 23.6. The number of carbonyl (C=O) groups is 2. The molecule has 3 N–H and O–H groups in total. The van der Waals surface area contributed by atoms with Gasteiger partial charge in [-0.3, -0.25) is 9.59 Å². The molecule has 2 amide bonds. The van der Waals surface area contributed by atoms with Gasteiger partial charge < -0.3 is 20.2 Å². The largest absolute Gasteiger partial charge is 0.484 e. The molecule has 6 nitrogen and oxygen atoms in total. The fourth-order valence-electron chi connectivity index (χ4n) is 2.18. The van der Waals surface area contributed by atoms with E-state index < -0.39 is 11.8 Å². The quantitative estimate of drug-likeness (QED) is 0.757. The number of primary amides is 1. The summed E-state index contributed by atoms with van der Waals surface area (Å²) in [5.41, 5.74) is 6.04. The van der Waals surface area contributed by atoms with Gasteiger partial charge in [-0.2, -0.15) is 0 Å². The van der Waals surface area contributed by atoms with Crippen LogP contribution in [0.4, 0.5) is 5.69 Å². The number of rotatable bonds is 5. The van der Waals surface area contributed by atoms with E-state index in [0.29, 0.717) is 16.7 Å². The summed E-state index contributed by atoms with van der Waals surface area (Å²) in [5.74, 6) is -0.669. The van der Waals surface area contributed by atoms with Gasteiger partial charge >= 0.3 is 0 Å². The van der Waals surface area contributed by atoms with Crippen molar-refractivity contribution in [2.24, 2.45) is 5.73 Å². The Morgan fingerprint density at radius 2 is 1.74 bits per heavy atom. The van der Waals surface area contributed by atoms with Crippen LogP contribution in [0.25, 0.3) is 11.0 Å². The maximum absolute atomic E-state index is 12.1. The molecule has 0 unspecified atom stereocenters. The van der Waals surface area contributed by atoms with Crippen molar-refractivity contribution in [3.8, 4) is 5.75 Å². The van der Waals surface area contributed by atoms with E-state index >= 15 is 0 Å². The number of nitrogens with one attached hydrogen (secondary N) is 1. The first-order chi connectivity index (χ1) is 11.1. The van der Waals surface area contributed by atoms with Crippen LogP contribution >= 0.6 is 0 Å². The van der Waals surface area contributed by atoms with E-state index in [-0.39, 0.29) is 18.1 Å². The predicted molar refractivity (Wildman–Crippen MR) is 85.3 cm³/mol. The number of nitrogens with two attached hydrogens (primary N) is 1. The highest BCUT2D eigenvalue weighted by Gasteiger charge is 2.20. The molecule has 3 rings (SSSR count). The molecule has 116 valence electrons. The Hall–Kier alpha value is -3.28. The lowest BCUT2D eigenvalue weighted by Crippen LogP contribution is -2.22. The maximum Gasteiger partial charge on any atom is 0.286 e. The van der Waals surface area contributed by atoms with Gasteiger partial charge in [0.1, 0.15) is 17.0 Å². The van der Waals surface area contributed by atoms with Crippen molar-refractivity contribution in [3.63, 3.8) is 0 Å². The Labute approximate surface area is 131 Å². The summed E-state index contributed by atoms with van der Waals surface area (Å²) in [5, 5.41) is 3.23. The predicted octanol–water partition coefficient (Wildman–Crippen LogP) is 2.55. The Morgan fingerprint density at radius 3 is 2.48 bits per heavy atom. The Morgan fingerprint density at radius 1 is 1.04 bits per heavy atom. The van der Waals surface area contributed by atoms with Crippen molar-refractivity contribution in [3.05, 3.63) is 60.4 Å². The van der Waals surface area contributed by atoms with E-state index in [9.17, 15) is 9.59 Å². The number of hydrogen-bond acceptors (Lipinski definition) is 4. The minimum absolute atomic E-state index is 0.0840. The van der Waals surface area contributed by atoms with Crippen molar-refractivity contribution < 1.29 is 18.7 Å². The van der Waals surface area contributed by atoms with E-state index in [1.54, 1.807) is 36.4 Å². The molecular formula is C17H14N2O4. The summed E-state index contributed by atoms with van der Waals surface area (Å²) in [6, 6.07) is 15.9. The van der Waals surface area contributed by atoms with Crippen LogP contribution in [-0.4, -0.2) is 18.4 Å². The zero-order valence-electron chi connectivity index (χ0n) is 12.1. The Kier molecular flexibility index (Phi) is 3.97. The molecule has 1 aromatic heterocycles. The average molecular weight is 310 g/mol. The van der Waals surface area contributed by atoms with Gasteiger partial charge in [-0.1, -0.05) is 30.3 Å². The van der Waals surface area contributed by atoms with Gasteiger partial charge in [0, 0.05) is 5.39 Å². The van der Waals surface area contributed by atoms with Gasteiger partial charge in [0.05, 0.1) is 0 Å². The standard InChI is InChI=1S/C17H14N2O4/c18-17(21)16-15(12-8-4-5-9-13(12)23-16)19-14(20)10-22-11-6-2-1-3-7-11/h1-9H,10H2,(H2,18,21)(H,19,20). The summed E-state index contributed by atoms with van der Waals surface area (Å²) < 4.78 is 10.8. The molecule has 0 saturated carbocycles. The third-order valence-corrected chi connectivity index (χ3v) is 3.20. The number of benzene rings is 2. The second-order valence-electron chi connectivity index (χ2n) is 4.82. The highest BCUT2D eigenvalue weighted by Crippen LogP contribution is 2.30. The van der Waals surface area contributed by atoms with E-state index in [2.05, 4.69) is 5.32 Å². The van der Waals surface area contributed by atoms with Crippen LogP contribution in [0.15, 0.2) is 59.0 Å². The molecule has 3 aromatic rings. The normalized spacial score (nSPS) is 10.4. The van der Waals surface area contributed by atoms with E-state index in [4.69, 9.17) is 14.9 Å². The third kappa shape index (κ3) is 3.16. The number of furan rings is 1. The highest BCUT2D eigenvalue weighted by molar-refractivity contribution is 6.10. The molecule has 0 fully saturated rings. The molecule has 2 aromatic carbocycles. The van der Waals surface area contributed by atoms with Gasteiger partial charge in [-0.05, 0) is 24.3 Å². The highest BCUT2D eigenvalue weighted by atomic mass is 16.5.